The van der Waals surface area contributed by atoms with E-state index in [9.17, 15) is 19.2 Å². The van der Waals surface area contributed by atoms with Gasteiger partial charge >= 0.3 is 61.6 Å². The summed E-state index contributed by atoms with van der Waals surface area (Å²) >= 11 is 0. The van der Waals surface area contributed by atoms with Crippen LogP contribution in [0.3, 0.4) is 0 Å². The quantitative estimate of drug-likeness (QED) is 0.127. The SMILES string of the molecule is CC1(C)OC[C@@H]([C@@H](O)C(=O)O)O1.CC1(C)OC[C@@H]([C@@H](O)C(=O)O)O1.CC1(C)OC[C@@H]([C@@H](O)C(=O)O)O1.CC1(C)OC[C@@H]([C@@H](O)C(=O)O)O1.[Ca+2].[H-].[H-]. The Labute approximate surface area is 315 Å². The van der Waals surface area contributed by atoms with Crippen LogP contribution in [0.4, 0.5) is 0 Å². The molecule has 284 valence electrons. The van der Waals surface area contributed by atoms with Crippen molar-refractivity contribution in [3.05, 3.63) is 0 Å². The molecule has 0 aromatic carbocycles. The molecular weight excluding hydrogens is 696 g/mol. The van der Waals surface area contributed by atoms with Gasteiger partial charge in [0.15, 0.2) is 47.6 Å². The summed E-state index contributed by atoms with van der Waals surface area (Å²) in [4.78, 5) is 41.2. The maximum atomic E-state index is 10.3. The summed E-state index contributed by atoms with van der Waals surface area (Å²) in [5.41, 5.74) is 0. The molecule has 4 fully saturated rings. The number of aliphatic hydroxyl groups excluding tert-OH is 4. The fourth-order valence-electron chi connectivity index (χ4n) is 4.12. The Kier molecular flexibility index (Phi) is 19.0. The minimum Gasteiger partial charge on any atom is -1.00 e. The van der Waals surface area contributed by atoms with Crippen LogP contribution < -0.4 is 0 Å². The molecule has 49 heavy (non-hydrogen) atoms. The summed E-state index contributed by atoms with van der Waals surface area (Å²) in [7, 11) is 0. The van der Waals surface area contributed by atoms with Crippen molar-refractivity contribution >= 4 is 61.6 Å². The molecule has 0 radical (unpaired) electrons. The van der Waals surface area contributed by atoms with Crippen LogP contribution in [-0.2, 0) is 57.1 Å². The van der Waals surface area contributed by atoms with E-state index in [4.69, 9.17) is 78.7 Å². The normalized spacial score (nSPS) is 29.5. The summed E-state index contributed by atoms with van der Waals surface area (Å²) < 4.78 is 40.8. The Hall–Kier alpha value is -1.34. The fraction of sp³-hybridized carbons (Fsp3) is 0.857. The Balaban J connectivity index is -0.000000591. The molecule has 4 rings (SSSR count). The van der Waals surface area contributed by atoms with Crippen LogP contribution in [0.2, 0.25) is 0 Å². The van der Waals surface area contributed by atoms with Crippen LogP contribution in [0.1, 0.15) is 58.2 Å². The number of aliphatic hydroxyl groups is 4. The van der Waals surface area contributed by atoms with E-state index in [0.717, 1.165) is 0 Å². The third-order valence-electron chi connectivity index (χ3n) is 6.54. The molecule has 4 aliphatic rings. The van der Waals surface area contributed by atoms with Crippen LogP contribution in [0.25, 0.3) is 0 Å². The fourth-order valence-corrected chi connectivity index (χ4v) is 4.12. The maximum absolute atomic E-state index is 10.3. The number of carboxylic acid groups (broad SMARTS) is 4. The number of aliphatic carboxylic acids is 4. The van der Waals surface area contributed by atoms with Crippen LogP contribution >= 0.6 is 0 Å². The van der Waals surface area contributed by atoms with Crippen LogP contribution in [0, 0.1) is 0 Å². The summed E-state index contributed by atoms with van der Waals surface area (Å²) in [5, 5.41) is 69.9. The number of hydrogen-bond acceptors (Lipinski definition) is 16. The molecule has 4 saturated heterocycles. The Morgan fingerprint density at radius 2 is 0.592 bits per heavy atom. The van der Waals surface area contributed by atoms with Crippen molar-refractivity contribution < 1.29 is 101 Å². The molecule has 0 aromatic heterocycles. The largest absolute Gasteiger partial charge is 2.00 e. The van der Waals surface area contributed by atoms with Gasteiger partial charge in [-0.15, -0.1) is 0 Å². The van der Waals surface area contributed by atoms with Crippen LogP contribution in [0.5, 0.6) is 0 Å². The van der Waals surface area contributed by atoms with Crippen LogP contribution in [0.15, 0.2) is 0 Å². The monoisotopic (exact) mass is 746 g/mol. The van der Waals surface area contributed by atoms with Crippen molar-refractivity contribution in [1.82, 2.24) is 0 Å². The van der Waals surface area contributed by atoms with Crippen molar-refractivity contribution in [3.63, 3.8) is 0 Å². The summed E-state index contributed by atoms with van der Waals surface area (Å²) in [6, 6.07) is 0. The second kappa shape index (κ2) is 19.5. The average molecular weight is 747 g/mol. The van der Waals surface area contributed by atoms with E-state index in [1.165, 1.54) is 0 Å². The first-order chi connectivity index (χ1) is 21.7. The van der Waals surface area contributed by atoms with Gasteiger partial charge in [0, 0.05) is 0 Å². The predicted octanol–water partition coefficient (Wildman–Crippen LogP) is -1.82. The molecule has 0 saturated carbocycles. The van der Waals surface area contributed by atoms with E-state index < -0.39 is 95.9 Å². The Morgan fingerprint density at radius 3 is 0.673 bits per heavy atom. The molecule has 0 spiro atoms. The predicted molar refractivity (Wildman–Crippen MR) is 162 cm³/mol. The molecular formula is C28H50CaO20. The van der Waals surface area contributed by atoms with Crippen molar-refractivity contribution in [2.75, 3.05) is 26.4 Å². The van der Waals surface area contributed by atoms with E-state index in [-0.39, 0.29) is 67.0 Å². The van der Waals surface area contributed by atoms with Gasteiger partial charge < -0.3 is 81.6 Å². The van der Waals surface area contributed by atoms with Crippen molar-refractivity contribution in [3.8, 4) is 0 Å². The number of carbonyl (C=O) groups is 4. The van der Waals surface area contributed by atoms with Gasteiger partial charge in [0.1, 0.15) is 24.4 Å². The number of hydrogen-bond donors (Lipinski definition) is 8. The third-order valence-corrected chi connectivity index (χ3v) is 6.54. The van der Waals surface area contributed by atoms with Gasteiger partial charge in [0.05, 0.1) is 26.4 Å². The minimum atomic E-state index is -1.51. The van der Waals surface area contributed by atoms with Crippen molar-refractivity contribution in [1.29, 1.82) is 0 Å². The maximum Gasteiger partial charge on any atom is 2.00 e. The second-order valence-corrected chi connectivity index (χ2v) is 12.6. The molecule has 0 unspecified atom stereocenters. The van der Waals surface area contributed by atoms with Gasteiger partial charge in [-0.3, -0.25) is 0 Å². The molecule has 0 aromatic rings. The molecule has 0 amide bonds. The smallest absolute Gasteiger partial charge is 1.00 e. The van der Waals surface area contributed by atoms with E-state index >= 15 is 0 Å². The summed E-state index contributed by atoms with van der Waals surface area (Å²) in [5.74, 6) is -8.32. The molecule has 4 aliphatic heterocycles. The first-order valence-electron chi connectivity index (χ1n) is 14.6. The molecule has 4 heterocycles. The zero-order valence-corrected chi connectivity index (χ0v) is 30.8. The molecule has 0 bridgehead atoms. The first kappa shape index (κ1) is 47.7. The zero-order chi connectivity index (χ0) is 37.4. The zero-order valence-electron chi connectivity index (χ0n) is 30.6. The second-order valence-electron chi connectivity index (χ2n) is 12.6. The van der Waals surface area contributed by atoms with Gasteiger partial charge in [-0.2, -0.15) is 0 Å². The minimum absolute atomic E-state index is 0. The molecule has 8 N–H and O–H groups in total. The molecule has 8 atom stereocenters. The van der Waals surface area contributed by atoms with Crippen LogP contribution in [-0.4, -0.2) is 201 Å². The van der Waals surface area contributed by atoms with E-state index in [2.05, 4.69) is 0 Å². The van der Waals surface area contributed by atoms with Gasteiger partial charge in [-0.1, -0.05) is 0 Å². The topological polar surface area (TPSA) is 304 Å². The van der Waals surface area contributed by atoms with Crippen molar-refractivity contribution in [2.24, 2.45) is 0 Å². The van der Waals surface area contributed by atoms with Gasteiger partial charge in [0.2, 0.25) is 0 Å². The van der Waals surface area contributed by atoms with Gasteiger partial charge in [-0.25, -0.2) is 19.2 Å². The van der Waals surface area contributed by atoms with E-state index in [0.29, 0.717) is 0 Å². The average Bonchev–Trinajstić information content (AvgIpc) is 3.72. The Morgan fingerprint density at radius 1 is 0.449 bits per heavy atom. The number of rotatable bonds is 8. The van der Waals surface area contributed by atoms with Gasteiger partial charge in [0.25, 0.3) is 0 Å². The standard InChI is InChI=1S/4C7H12O5.Ca.2H/c4*1-7(2)11-3-4(12-7)5(8)6(9)10;;;/h4*4-5,8H,3H2,1-2H3,(H,9,10);;;/q;;;;+2;2*-1/t4*4-,5+;;;/m0000.../s1. The molecule has 20 nitrogen and oxygen atoms in total. The number of carboxylic acids is 4. The Bertz CT molecular complexity index is 940. The first-order valence-corrected chi connectivity index (χ1v) is 14.6. The summed E-state index contributed by atoms with van der Waals surface area (Å²) in [6.07, 6.45) is -9.10. The number of ether oxygens (including phenoxy) is 8. The molecule has 21 heteroatoms. The third kappa shape index (κ3) is 16.7. The van der Waals surface area contributed by atoms with Crippen molar-refractivity contribution in [2.45, 2.75) is 127 Å². The summed E-state index contributed by atoms with van der Waals surface area (Å²) in [6.45, 7) is 13.8. The van der Waals surface area contributed by atoms with E-state index in [1.807, 2.05) is 0 Å². The van der Waals surface area contributed by atoms with E-state index in [1.54, 1.807) is 55.4 Å². The molecule has 0 aliphatic carbocycles. The van der Waals surface area contributed by atoms with Gasteiger partial charge in [-0.05, 0) is 55.4 Å².